The number of fused-ring (bicyclic) bond motifs is 1. The van der Waals surface area contributed by atoms with Gasteiger partial charge in [-0.05, 0) is 49.8 Å². The van der Waals surface area contributed by atoms with Gasteiger partial charge in [-0.15, -0.1) is 0 Å². The predicted molar refractivity (Wildman–Crippen MR) is 83.1 cm³/mol. The van der Waals surface area contributed by atoms with E-state index in [9.17, 15) is 4.39 Å². The molecular weight excluding hydrogens is 267 g/mol. The maximum atomic E-state index is 14.5. The molecule has 1 aromatic rings. The summed E-state index contributed by atoms with van der Waals surface area (Å²) in [5, 5.41) is 0. The first-order valence-corrected chi connectivity index (χ1v) is 8.11. The minimum absolute atomic E-state index is 0.109. The highest BCUT2D eigenvalue weighted by atomic mass is 19.1. The molecule has 3 unspecified atom stereocenters. The monoisotopic (exact) mass is 292 g/mol. The second-order valence-corrected chi connectivity index (χ2v) is 6.26. The Morgan fingerprint density at radius 3 is 3.05 bits per heavy atom. The fourth-order valence-corrected chi connectivity index (χ4v) is 3.58. The third-order valence-electron chi connectivity index (χ3n) is 4.83. The van der Waals surface area contributed by atoms with Crippen LogP contribution in [0.3, 0.4) is 0 Å². The molecule has 116 valence electrons. The molecule has 2 aliphatic rings. The smallest absolute Gasteiger partial charge is 0.146 e. The summed E-state index contributed by atoms with van der Waals surface area (Å²) in [5.41, 5.74) is 7.67. The minimum atomic E-state index is -0.122. The van der Waals surface area contributed by atoms with Gasteiger partial charge in [0.25, 0.3) is 0 Å². The molecule has 21 heavy (non-hydrogen) atoms. The molecule has 0 amide bonds. The van der Waals surface area contributed by atoms with Crippen LogP contribution in [0.4, 0.5) is 10.1 Å². The van der Waals surface area contributed by atoms with Gasteiger partial charge < -0.3 is 15.4 Å². The van der Waals surface area contributed by atoms with E-state index in [-0.39, 0.29) is 18.0 Å². The molecule has 0 spiro atoms. The zero-order valence-corrected chi connectivity index (χ0v) is 12.7. The maximum absolute atomic E-state index is 14.5. The van der Waals surface area contributed by atoms with E-state index >= 15 is 0 Å². The van der Waals surface area contributed by atoms with Crippen LogP contribution >= 0.6 is 0 Å². The quantitative estimate of drug-likeness (QED) is 0.927. The van der Waals surface area contributed by atoms with Crippen LogP contribution in [0.15, 0.2) is 18.2 Å². The number of rotatable bonds is 4. The van der Waals surface area contributed by atoms with E-state index in [0.29, 0.717) is 12.6 Å². The summed E-state index contributed by atoms with van der Waals surface area (Å²) in [6.45, 7) is 3.54. The lowest BCUT2D eigenvalue weighted by molar-refractivity contribution is 0.0254. The zero-order valence-electron chi connectivity index (χ0n) is 12.7. The normalized spacial score (nSPS) is 26.7. The number of benzene rings is 1. The number of hydrogen-bond donors (Lipinski definition) is 1. The zero-order chi connectivity index (χ0) is 14.8. The van der Waals surface area contributed by atoms with Crippen molar-refractivity contribution >= 4 is 5.69 Å². The van der Waals surface area contributed by atoms with Gasteiger partial charge in [-0.2, -0.15) is 0 Å². The molecule has 3 atom stereocenters. The number of nitrogens with zero attached hydrogens (tertiary/aromatic N) is 1. The average molecular weight is 292 g/mol. The standard InChI is InChI=1S/C17H25FN2O/c1-2-13(19)10-12-6-7-15(14(18)11-12)20-8-9-21-17-5-3-4-16(17)20/h6-7,11,13,16-17H,2-5,8-10,19H2,1H3. The van der Waals surface area contributed by atoms with Crippen LogP contribution < -0.4 is 10.6 Å². The Hall–Kier alpha value is -1.13. The van der Waals surface area contributed by atoms with Crippen LogP contribution in [0.1, 0.15) is 38.2 Å². The van der Waals surface area contributed by atoms with E-state index in [1.54, 1.807) is 6.07 Å². The van der Waals surface area contributed by atoms with Crippen molar-refractivity contribution in [2.24, 2.45) is 5.73 Å². The number of nitrogens with two attached hydrogens (primary N) is 1. The van der Waals surface area contributed by atoms with Crippen LogP contribution in [-0.4, -0.2) is 31.3 Å². The Balaban J connectivity index is 1.78. The van der Waals surface area contributed by atoms with E-state index in [0.717, 1.165) is 43.5 Å². The topological polar surface area (TPSA) is 38.5 Å². The van der Waals surface area contributed by atoms with Crippen molar-refractivity contribution in [3.63, 3.8) is 0 Å². The van der Waals surface area contributed by atoms with Crippen molar-refractivity contribution in [3.8, 4) is 0 Å². The summed E-state index contributed by atoms with van der Waals surface area (Å²) in [5.74, 6) is -0.122. The second kappa shape index (κ2) is 6.32. The highest BCUT2D eigenvalue weighted by Gasteiger charge is 2.36. The van der Waals surface area contributed by atoms with E-state index in [1.807, 2.05) is 12.1 Å². The van der Waals surface area contributed by atoms with Crippen molar-refractivity contribution in [1.29, 1.82) is 0 Å². The van der Waals surface area contributed by atoms with Gasteiger partial charge in [-0.3, -0.25) is 0 Å². The molecule has 1 aliphatic heterocycles. The first-order chi connectivity index (χ1) is 10.2. The molecule has 1 aromatic carbocycles. The lowest BCUT2D eigenvalue weighted by Crippen LogP contribution is -2.49. The molecule has 0 radical (unpaired) electrons. The minimum Gasteiger partial charge on any atom is -0.374 e. The summed E-state index contributed by atoms with van der Waals surface area (Å²) in [6, 6.07) is 6.06. The van der Waals surface area contributed by atoms with E-state index in [4.69, 9.17) is 10.5 Å². The molecule has 3 rings (SSSR count). The van der Waals surface area contributed by atoms with Crippen molar-refractivity contribution in [2.75, 3.05) is 18.1 Å². The van der Waals surface area contributed by atoms with Gasteiger partial charge in [0.2, 0.25) is 0 Å². The van der Waals surface area contributed by atoms with Crippen LogP contribution in [0, 0.1) is 5.82 Å². The summed E-state index contributed by atoms with van der Waals surface area (Å²) >= 11 is 0. The summed E-state index contributed by atoms with van der Waals surface area (Å²) in [6.07, 6.45) is 5.32. The molecule has 4 heteroatoms. The number of halogens is 1. The largest absolute Gasteiger partial charge is 0.374 e. The molecule has 0 aromatic heterocycles. The fourth-order valence-electron chi connectivity index (χ4n) is 3.58. The van der Waals surface area contributed by atoms with Gasteiger partial charge in [-0.25, -0.2) is 4.39 Å². The van der Waals surface area contributed by atoms with Crippen LogP contribution in [0.5, 0.6) is 0 Å². The molecule has 0 bridgehead atoms. The van der Waals surface area contributed by atoms with Gasteiger partial charge in [-0.1, -0.05) is 13.0 Å². The average Bonchev–Trinajstić information content (AvgIpc) is 2.96. The fraction of sp³-hybridized carbons (Fsp3) is 0.647. The molecule has 1 saturated heterocycles. The van der Waals surface area contributed by atoms with Gasteiger partial charge >= 0.3 is 0 Å². The molecule has 1 aliphatic carbocycles. The van der Waals surface area contributed by atoms with Crippen molar-refractivity contribution in [3.05, 3.63) is 29.6 Å². The molecule has 1 saturated carbocycles. The Labute approximate surface area is 126 Å². The van der Waals surface area contributed by atoms with Crippen LogP contribution in [0.25, 0.3) is 0 Å². The molecule has 1 heterocycles. The van der Waals surface area contributed by atoms with Crippen LogP contribution in [0.2, 0.25) is 0 Å². The van der Waals surface area contributed by atoms with Crippen molar-refractivity contribution in [1.82, 2.24) is 0 Å². The SMILES string of the molecule is CCC(N)Cc1ccc(N2CCOC3CCCC32)c(F)c1. The number of morpholine rings is 1. The maximum Gasteiger partial charge on any atom is 0.146 e. The number of ether oxygens (including phenoxy) is 1. The van der Waals surface area contributed by atoms with Gasteiger partial charge in [0.1, 0.15) is 5.82 Å². The number of hydrogen-bond acceptors (Lipinski definition) is 3. The van der Waals surface area contributed by atoms with Gasteiger partial charge in [0, 0.05) is 12.6 Å². The van der Waals surface area contributed by atoms with Gasteiger partial charge in [0.15, 0.2) is 0 Å². The lowest BCUT2D eigenvalue weighted by atomic mass is 10.0. The second-order valence-electron chi connectivity index (χ2n) is 6.26. The van der Waals surface area contributed by atoms with E-state index in [2.05, 4.69) is 11.8 Å². The highest BCUT2D eigenvalue weighted by molar-refractivity contribution is 5.51. The number of anilines is 1. The first kappa shape index (κ1) is 14.8. The highest BCUT2D eigenvalue weighted by Crippen LogP contribution is 2.34. The third-order valence-corrected chi connectivity index (χ3v) is 4.83. The third kappa shape index (κ3) is 3.06. The Morgan fingerprint density at radius 1 is 1.43 bits per heavy atom. The summed E-state index contributed by atoms with van der Waals surface area (Å²) in [4.78, 5) is 2.21. The molecular formula is C17H25FN2O. The molecule has 2 N–H and O–H groups in total. The molecule has 2 fully saturated rings. The predicted octanol–water partition coefficient (Wildman–Crippen LogP) is 2.86. The Kier molecular flexibility index (Phi) is 4.45. The summed E-state index contributed by atoms with van der Waals surface area (Å²) in [7, 11) is 0. The van der Waals surface area contributed by atoms with Crippen molar-refractivity contribution in [2.45, 2.75) is 57.2 Å². The molecule has 3 nitrogen and oxygen atoms in total. The van der Waals surface area contributed by atoms with Crippen molar-refractivity contribution < 1.29 is 9.13 Å². The van der Waals surface area contributed by atoms with E-state index in [1.165, 1.54) is 6.42 Å². The Bertz CT molecular complexity index is 494. The Morgan fingerprint density at radius 2 is 2.29 bits per heavy atom. The van der Waals surface area contributed by atoms with Gasteiger partial charge in [0.05, 0.1) is 24.4 Å². The first-order valence-electron chi connectivity index (χ1n) is 8.11. The summed E-state index contributed by atoms with van der Waals surface area (Å²) < 4.78 is 20.3. The van der Waals surface area contributed by atoms with Crippen LogP contribution in [-0.2, 0) is 11.2 Å². The van der Waals surface area contributed by atoms with E-state index < -0.39 is 0 Å². The lowest BCUT2D eigenvalue weighted by Gasteiger charge is -2.39.